The summed E-state index contributed by atoms with van der Waals surface area (Å²) < 4.78 is 11.6. The number of ether oxygens (including phenoxy) is 2. The van der Waals surface area contributed by atoms with Crippen LogP contribution in [-0.2, 0) is 6.42 Å². The second kappa shape index (κ2) is 9.68. The maximum absolute atomic E-state index is 6.10. The van der Waals surface area contributed by atoms with Crippen LogP contribution in [0.2, 0.25) is 0 Å². The summed E-state index contributed by atoms with van der Waals surface area (Å²) in [7, 11) is 1.66. The Morgan fingerprint density at radius 1 is 1.04 bits per heavy atom. The van der Waals surface area contributed by atoms with Crippen LogP contribution in [0.3, 0.4) is 0 Å². The zero-order valence-electron chi connectivity index (χ0n) is 14.7. The Bertz CT molecular complexity index is 867. The van der Waals surface area contributed by atoms with Crippen molar-refractivity contribution >= 4 is 29.4 Å². The van der Waals surface area contributed by atoms with Gasteiger partial charge in [0.2, 0.25) is 0 Å². The lowest BCUT2D eigenvalue weighted by Gasteiger charge is -2.14. The van der Waals surface area contributed by atoms with E-state index in [0.717, 1.165) is 40.7 Å². The molecule has 0 amide bonds. The van der Waals surface area contributed by atoms with Crippen molar-refractivity contribution in [2.24, 2.45) is 10.9 Å². The highest BCUT2D eigenvalue weighted by atomic mass is 35.5. The number of halogens is 1. The lowest BCUT2D eigenvalue weighted by Crippen LogP contribution is -2.02. The number of hydrogen-bond acceptors (Lipinski definition) is 4. The van der Waals surface area contributed by atoms with E-state index in [9.17, 15) is 0 Å². The first-order valence-corrected chi connectivity index (χ1v) is 8.32. The van der Waals surface area contributed by atoms with Crippen molar-refractivity contribution in [1.82, 2.24) is 0 Å². The minimum Gasteiger partial charge on any atom is -0.493 e. The fourth-order valence-electron chi connectivity index (χ4n) is 2.86. The summed E-state index contributed by atoms with van der Waals surface area (Å²) in [5, 5.41) is 5.68. The standard InChI is InChI=1S/C21H22N2O2.ClH/c1-24-20-12-11-18-10-9-17(15-23-22)14-19(18)21(20)25-13-5-8-16-6-3-2-4-7-16;/h2-4,6-7,9-12,14-15H,5,8,13,22H2,1H3;1H/b23-15-;. The molecule has 0 fully saturated rings. The van der Waals surface area contributed by atoms with E-state index in [4.69, 9.17) is 15.3 Å². The van der Waals surface area contributed by atoms with Gasteiger partial charge in [0, 0.05) is 5.39 Å². The predicted octanol–water partition coefficient (Wildman–Crippen LogP) is 4.57. The molecule has 0 aliphatic carbocycles. The van der Waals surface area contributed by atoms with E-state index in [1.165, 1.54) is 5.56 Å². The lowest BCUT2D eigenvalue weighted by atomic mass is 10.1. The average molecular weight is 371 g/mol. The first kappa shape index (κ1) is 19.6. The Labute approximate surface area is 160 Å². The molecule has 0 bridgehead atoms. The van der Waals surface area contributed by atoms with Crippen molar-refractivity contribution in [3.8, 4) is 11.5 Å². The van der Waals surface area contributed by atoms with Crippen LogP contribution in [-0.4, -0.2) is 19.9 Å². The van der Waals surface area contributed by atoms with Gasteiger partial charge in [0.1, 0.15) is 0 Å². The minimum atomic E-state index is 0. The third-order valence-corrected chi connectivity index (χ3v) is 4.10. The van der Waals surface area contributed by atoms with Crippen LogP contribution < -0.4 is 15.3 Å². The van der Waals surface area contributed by atoms with Crippen LogP contribution in [0, 0.1) is 0 Å². The molecule has 5 heteroatoms. The third kappa shape index (κ3) is 4.67. The highest BCUT2D eigenvalue weighted by molar-refractivity contribution is 5.95. The molecule has 0 radical (unpaired) electrons. The number of hydrazone groups is 1. The first-order valence-electron chi connectivity index (χ1n) is 8.32. The summed E-state index contributed by atoms with van der Waals surface area (Å²) in [4.78, 5) is 0. The number of methoxy groups -OCH3 is 1. The van der Waals surface area contributed by atoms with Gasteiger partial charge in [0.05, 0.1) is 19.9 Å². The van der Waals surface area contributed by atoms with Crippen LogP contribution in [0.5, 0.6) is 11.5 Å². The second-order valence-corrected chi connectivity index (χ2v) is 5.79. The van der Waals surface area contributed by atoms with E-state index < -0.39 is 0 Å². The molecule has 2 N–H and O–H groups in total. The topological polar surface area (TPSA) is 56.8 Å². The van der Waals surface area contributed by atoms with Crippen molar-refractivity contribution < 1.29 is 9.47 Å². The molecule has 0 saturated carbocycles. The van der Waals surface area contributed by atoms with E-state index in [1.807, 2.05) is 36.4 Å². The molecule has 0 spiro atoms. The third-order valence-electron chi connectivity index (χ3n) is 4.10. The first-order chi connectivity index (χ1) is 12.3. The zero-order chi connectivity index (χ0) is 17.5. The summed E-state index contributed by atoms with van der Waals surface area (Å²) in [6.45, 7) is 0.625. The van der Waals surface area contributed by atoms with E-state index >= 15 is 0 Å². The molecule has 0 aromatic heterocycles. The molecule has 0 atom stereocenters. The number of nitrogens with zero attached hydrogens (tertiary/aromatic N) is 1. The molecule has 3 aromatic carbocycles. The number of rotatable bonds is 7. The highest BCUT2D eigenvalue weighted by Gasteiger charge is 2.10. The molecular weight excluding hydrogens is 348 g/mol. The Kier molecular flexibility index (Phi) is 7.30. The highest BCUT2D eigenvalue weighted by Crippen LogP contribution is 2.36. The van der Waals surface area contributed by atoms with E-state index in [0.29, 0.717) is 6.61 Å². The molecule has 0 aliphatic heterocycles. The van der Waals surface area contributed by atoms with Crippen LogP contribution in [0.25, 0.3) is 10.8 Å². The number of aryl methyl sites for hydroxylation is 1. The SMILES string of the molecule is COc1ccc2ccc(/C=N\N)cc2c1OCCCc1ccccc1.Cl. The Morgan fingerprint density at radius 2 is 1.81 bits per heavy atom. The molecule has 4 nitrogen and oxygen atoms in total. The number of nitrogens with two attached hydrogens (primary N) is 1. The van der Waals surface area contributed by atoms with Gasteiger partial charge in [0.15, 0.2) is 11.5 Å². The largest absolute Gasteiger partial charge is 0.493 e. The minimum absolute atomic E-state index is 0. The molecule has 26 heavy (non-hydrogen) atoms. The quantitative estimate of drug-likeness (QED) is 0.287. The Hall–Kier alpha value is -2.72. The molecule has 3 rings (SSSR count). The summed E-state index contributed by atoms with van der Waals surface area (Å²) in [5.74, 6) is 6.76. The van der Waals surface area contributed by atoms with E-state index in [1.54, 1.807) is 13.3 Å². The average Bonchev–Trinajstić information content (AvgIpc) is 2.66. The van der Waals surface area contributed by atoms with Gasteiger partial charge in [-0.25, -0.2) is 0 Å². The summed E-state index contributed by atoms with van der Waals surface area (Å²) in [6, 6.07) is 20.4. The molecule has 136 valence electrons. The normalized spacial score (nSPS) is 10.7. The Morgan fingerprint density at radius 3 is 2.54 bits per heavy atom. The molecule has 0 unspecified atom stereocenters. The van der Waals surface area contributed by atoms with Gasteiger partial charge in [-0.2, -0.15) is 5.10 Å². The van der Waals surface area contributed by atoms with Crippen molar-refractivity contribution in [2.75, 3.05) is 13.7 Å². The van der Waals surface area contributed by atoms with Crippen molar-refractivity contribution in [2.45, 2.75) is 12.8 Å². The van der Waals surface area contributed by atoms with Gasteiger partial charge < -0.3 is 15.3 Å². The maximum atomic E-state index is 6.10. The predicted molar refractivity (Wildman–Crippen MR) is 110 cm³/mol. The fraction of sp³-hybridized carbons (Fsp3) is 0.190. The fourth-order valence-corrected chi connectivity index (χ4v) is 2.86. The maximum Gasteiger partial charge on any atom is 0.168 e. The lowest BCUT2D eigenvalue weighted by molar-refractivity contribution is 0.293. The summed E-state index contributed by atoms with van der Waals surface area (Å²) in [5.41, 5.74) is 2.25. The van der Waals surface area contributed by atoms with E-state index in [-0.39, 0.29) is 12.4 Å². The van der Waals surface area contributed by atoms with Gasteiger partial charge in [0.25, 0.3) is 0 Å². The van der Waals surface area contributed by atoms with Crippen molar-refractivity contribution in [1.29, 1.82) is 0 Å². The van der Waals surface area contributed by atoms with Crippen molar-refractivity contribution in [3.05, 3.63) is 71.8 Å². The molecular formula is C21H23ClN2O2. The summed E-state index contributed by atoms with van der Waals surface area (Å²) >= 11 is 0. The monoisotopic (exact) mass is 370 g/mol. The molecule has 0 heterocycles. The molecule has 0 aliphatic rings. The number of fused-ring (bicyclic) bond motifs is 1. The van der Waals surface area contributed by atoms with Crippen molar-refractivity contribution in [3.63, 3.8) is 0 Å². The Balaban J connectivity index is 0.00000243. The molecule has 3 aromatic rings. The van der Waals surface area contributed by atoms with Gasteiger partial charge in [-0.15, -0.1) is 12.4 Å². The number of benzene rings is 3. The van der Waals surface area contributed by atoms with Gasteiger partial charge in [-0.05, 0) is 41.5 Å². The zero-order valence-corrected chi connectivity index (χ0v) is 15.5. The van der Waals surface area contributed by atoms with Gasteiger partial charge >= 0.3 is 0 Å². The van der Waals surface area contributed by atoms with E-state index in [2.05, 4.69) is 29.4 Å². The van der Waals surface area contributed by atoms with Crippen LogP contribution in [0.1, 0.15) is 17.5 Å². The van der Waals surface area contributed by atoms with Crippen LogP contribution in [0.4, 0.5) is 0 Å². The molecule has 0 saturated heterocycles. The smallest absolute Gasteiger partial charge is 0.168 e. The second-order valence-electron chi connectivity index (χ2n) is 5.79. The van der Waals surface area contributed by atoms with Gasteiger partial charge in [-0.1, -0.05) is 48.5 Å². The summed E-state index contributed by atoms with van der Waals surface area (Å²) in [6.07, 6.45) is 3.55. The van der Waals surface area contributed by atoms with Gasteiger partial charge in [-0.3, -0.25) is 0 Å². The number of hydrogen-bond donors (Lipinski definition) is 1. The van der Waals surface area contributed by atoms with Crippen LogP contribution in [0.15, 0.2) is 65.8 Å². The van der Waals surface area contributed by atoms with Crippen LogP contribution >= 0.6 is 12.4 Å².